The van der Waals surface area contributed by atoms with Gasteiger partial charge in [0.1, 0.15) is 12.4 Å². The molecule has 0 atom stereocenters. The van der Waals surface area contributed by atoms with Crippen molar-refractivity contribution in [3.8, 4) is 5.75 Å². The normalized spacial score (nSPS) is 12.5. The van der Waals surface area contributed by atoms with Crippen LogP contribution in [0.2, 0.25) is 0 Å². The minimum absolute atomic E-state index is 0.145. The fraction of sp³-hybridized carbons (Fsp3) is 0.700. The van der Waals surface area contributed by atoms with E-state index < -0.39 is 0 Å². The van der Waals surface area contributed by atoms with Gasteiger partial charge in [-0.05, 0) is 41.5 Å². The van der Waals surface area contributed by atoms with Crippen molar-refractivity contribution in [1.82, 2.24) is 5.32 Å². The number of ether oxygens (including phenoxy) is 1. The van der Waals surface area contributed by atoms with E-state index in [4.69, 9.17) is 4.74 Å². The molecule has 0 aromatic heterocycles. The number of hydrogen-bond donors (Lipinski definition) is 1. The molecule has 126 valence electrons. The summed E-state index contributed by atoms with van der Waals surface area (Å²) in [5.74, 6) is 0.962. The predicted octanol–water partition coefficient (Wildman–Crippen LogP) is 5.17. The maximum absolute atomic E-state index is 5.80. The first-order valence-electron chi connectivity index (χ1n) is 8.73. The zero-order valence-corrected chi connectivity index (χ0v) is 15.5. The van der Waals surface area contributed by atoms with Crippen LogP contribution in [0.1, 0.15) is 66.4 Å². The first-order chi connectivity index (χ1) is 10.3. The van der Waals surface area contributed by atoms with Crippen molar-refractivity contribution in [1.29, 1.82) is 0 Å². The molecule has 0 aliphatic heterocycles. The minimum Gasteiger partial charge on any atom is -0.492 e. The summed E-state index contributed by atoms with van der Waals surface area (Å²) in [6, 6.07) is 8.60. The third kappa shape index (κ3) is 5.64. The van der Waals surface area contributed by atoms with Gasteiger partial charge in [0, 0.05) is 6.54 Å². The number of nitrogens with one attached hydrogen (secondary N) is 1. The molecule has 0 fully saturated rings. The second-order valence-corrected chi connectivity index (χ2v) is 7.70. The van der Waals surface area contributed by atoms with Crippen molar-refractivity contribution in [3.63, 3.8) is 0 Å². The average Bonchev–Trinajstić information content (AvgIpc) is 2.45. The number of rotatable bonds is 9. The van der Waals surface area contributed by atoms with Crippen LogP contribution < -0.4 is 10.1 Å². The Labute approximate surface area is 137 Å². The van der Waals surface area contributed by atoms with Crippen LogP contribution >= 0.6 is 0 Å². The third-order valence-electron chi connectivity index (χ3n) is 4.96. The Bertz CT molecular complexity index is 414. The van der Waals surface area contributed by atoms with E-state index in [1.54, 1.807) is 0 Å². The second kappa shape index (κ2) is 8.57. The van der Waals surface area contributed by atoms with E-state index in [9.17, 15) is 0 Å². The van der Waals surface area contributed by atoms with Crippen LogP contribution in [0.5, 0.6) is 5.75 Å². The van der Waals surface area contributed by atoms with Crippen molar-refractivity contribution in [2.45, 2.75) is 66.2 Å². The van der Waals surface area contributed by atoms with Gasteiger partial charge in [0.05, 0.1) is 0 Å². The van der Waals surface area contributed by atoms with E-state index in [-0.39, 0.29) is 10.8 Å². The fourth-order valence-corrected chi connectivity index (χ4v) is 2.27. The molecule has 1 aromatic carbocycles. The Balaban J connectivity index is 2.40. The molecule has 0 saturated carbocycles. The molecular formula is C20H35NO. The molecule has 0 bridgehead atoms. The maximum atomic E-state index is 5.80. The first kappa shape index (κ1) is 19.0. The van der Waals surface area contributed by atoms with Crippen molar-refractivity contribution in [2.24, 2.45) is 5.41 Å². The molecule has 0 saturated heterocycles. The van der Waals surface area contributed by atoms with Gasteiger partial charge in [0.2, 0.25) is 0 Å². The molecule has 22 heavy (non-hydrogen) atoms. The largest absolute Gasteiger partial charge is 0.492 e. The lowest BCUT2D eigenvalue weighted by Crippen LogP contribution is -2.33. The van der Waals surface area contributed by atoms with Gasteiger partial charge in [-0.3, -0.25) is 0 Å². The SMILES string of the molecule is CCCCCNCCOc1ccc(C(C)(C)C(C)(C)C)cc1. The van der Waals surface area contributed by atoms with Crippen molar-refractivity contribution in [3.05, 3.63) is 29.8 Å². The molecule has 0 aliphatic rings. The predicted molar refractivity (Wildman–Crippen MR) is 96.8 cm³/mol. The summed E-state index contributed by atoms with van der Waals surface area (Å²) in [6.07, 6.45) is 3.83. The number of unbranched alkanes of at least 4 members (excludes halogenated alkanes) is 2. The van der Waals surface area contributed by atoms with Gasteiger partial charge in [-0.2, -0.15) is 0 Å². The highest BCUT2D eigenvalue weighted by Crippen LogP contribution is 2.41. The Morgan fingerprint density at radius 1 is 0.909 bits per heavy atom. The Morgan fingerprint density at radius 3 is 2.09 bits per heavy atom. The van der Waals surface area contributed by atoms with E-state index in [2.05, 4.69) is 71.1 Å². The molecule has 0 aliphatic carbocycles. The zero-order chi connectivity index (χ0) is 16.6. The number of benzene rings is 1. The second-order valence-electron chi connectivity index (χ2n) is 7.70. The Kier molecular flexibility index (Phi) is 7.41. The molecular weight excluding hydrogens is 270 g/mol. The van der Waals surface area contributed by atoms with E-state index >= 15 is 0 Å². The van der Waals surface area contributed by atoms with Crippen LogP contribution in [0.15, 0.2) is 24.3 Å². The van der Waals surface area contributed by atoms with Gasteiger partial charge in [-0.15, -0.1) is 0 Å². The molecule has 1 N–H and O–H groups in total. The highest BCUT2D eigenvalue weighted by molar-refractivity contribution is 5.32. The molecule has 2 heteroatoms. The first-order valence-corrected chi connectivity index (χ1v) is 8.73. The van der Waals surface area contributed by atoms with Gasteiger partial charge in [0.25, 0.3) is 0 Å². The van der Waals surface area contributed by atoms with Crippen LogP contribution in [0.4, 0.5) is 0 Å². The maximum Gasteiger partial charge on any atom is 0.119 e. The van der Waals surface area contributed by atoms with Crippen LogP contribution in [0, 0.1) is 5.41 Å². The lowest BCUT2D eigenvalue weighted by Gasteiger charge is -2.39. The Hall–Kier alpha value is -1.02. The summed E-state index contributed by atoms with van der Waals surface area (Å²) >= 11 is 0. The third-order valence-corrected chi connectivity index (χ3v) is 4.96. The van der Waals surface area contributed by atoms with Crippen molar-refractivity contribution < 1.29 is 4.74 Å². The standard InChI is InChI=1S/C20H35NO/c1-7-8-9-14-21-15-16-22-18-12-10-17(11-13-18)20(5,6)19(2,3)4/h10-13,21H,7-9,14-16H2,1-6H3. The summed E-state index contributed by atoms with van der Waals surface area (Å²) < 4.78 is 5.80. The minimum atomic E-state index is 0.145. The topological polar surface area (TPSA) is 21.3 Å². The molecule has 1 aromatic rings. The van der Waals surface area contributed by atoms with Crippen LogP contribution in [0.3, 0.4) is 0 Å². The van der Waals surface area contributed by atoms with E-state index in [1.807, 2.05) is 0 Å². The smallest absolute Gasteiger partial charge is 0.119 e. The molecule has 0 unspecified atom stereocenters. The van der Waals surface area contributed by atoms with Crippen LogP contribution in [0.25, 0.3) is 0 Å². The van der Waals surface area contributed by atoms with Crippen LogP contribution in [-0.4, -0.2) is 19.7 Å². The average molecular weight is 306 g/mol. The molecule has 2 nitrogen and oxygen atoms in total. The quantitative estimate of drug-likeness (QED) is 0.636. The molecule has 0 heterocycles. The lowest BCUT2D eigenvalue weighted by molar-refractivity contribution is 0.225. The number of hydrogen-bond acceptors (Lipinski definition) is 2. The summed E-state index contributed by atoms with van der Waals surface area (Å²) in [5.41, 5.74) is 1.74. The summed E-state index contributed by atoms with van der Waals surface area (Å²) in [4.78, 5) is 0. The fourth-order valence-electron chi connectivity index (χ4n) is 2.27. The highest BCUT2D eigenvalue weighted by atomic mass is 16.5. The van der Waals surface area contributed by atoms with Crippen LogP contribution in [-0.2, 0) is 5.41 Å². The van der Waals surface area contributed by atoms with E-state index in [1.165, 1.54) is 24.8 Å². The van der Waals surface area contributed by atoms with Crippen molar-refractivity contribution >= 4 is 0 Å². The van der Waals surface area contributed by atoms with Gasteiger partial charge in [0.15, 0.2) is 0 Å². The van der Waals surface area contributed by atoms with E-state index in [0.717, 1.165) is 25.4 Å². The lowest BCUT2D eigenvalue weighted by atomic mass is 9.65. The van der Waals surface area contributed by atoms with Gasteiger partial charge in [-0.25, -0.2) is 0 Å². The van der Waals surface area contributed by atoms with Gasteiger partial charge >= 0.3 is 0 Å². The molecule has 0 radical (unpaired) electrons. The summed E-state index contributed by atoms with van der Waals surface area (Å²) in [7, 11) is 0. The van der Waals surface area contributed by atoms with Crippen molar-refractivity contribution in [2.75, 3.05) is 19.7 Å². The van der Waals surface area contributed by atoms with Gasteiger partial charge in [-0.1, -0.05) is 66.5 Å². The molecule has 0 spiro atoms. The Morgan fingerprint density at radius 2 is 1.55 bits per heavy atom. The van der Waals surface area contributed by atoms with E-state index in [0.29, 0.717) is 0 Å². The highest BCUT2D eigenvalue weighted by Gasteiger charge is 2.34. The monoisotopic (exact) mass is 305 g/mol. The molecule has 1 rings (SSSR count). The zero-order valence-electron chi connectivity index (χ0n) is 15.5. The van der Waals surface area contributed by atoms with Gasteiger partial charge < -0.3 is 10.1 Å². The molecule has 0 amide bonds. The summed E-state index contributed by atoms with van der Waals surface area (Å²) in [6.45, 7) is 16.5. The summed E-state index contributed by atoms with van der Waals surface area (Å²) in [5, 5.41) is 3.42.